The summed E-state index contributed by atoms with van der Waals surface area (Å²) in [4.78, 5) is 22.2. The van der Waals surface area contributed by atoms with Crippen molar-refractivity contribution in [1.82, 2.24) is 9.97 Å². The molecule has 0 fully saturated rings. The van der Waals surface area contributed by atoms with Crippen LogP contribution in [0.25, 0.3) is 10.3 Å². The zero-order valence-electron chi connectivity index (χ0n) is 17.3. The first kappa shape index (κ1) is 24.0. The summed E-state index contributed by atoms with van der Waals surface area (Å²) in [6.07, 6.45) is -4.18. The number of Topliss-reactive ketones (excluding diaryl/α,β-unsaturated/α-hetero) is 1. The molecule has 5 nitrogen and oxygen atoms in total. The van der Waals surface area contributed by atoms with Crippen LogP contribution in [0.15, 0.2) is 24.4 Å². The SMILES string of the molecule is CO[C@@H](C)c1c(CC(=O)Cc2ccc(OC(F)F)c(C(F)(F)F)c2)cnc2sc(C)nc12. The van der Waals surface area contributed by atoms with Crippen LogP contribution in [0.1, 0.15) is 40.3 Å². The summed E-state index contributed by atoms with van der Waals surface area (Å²) >= 11 is 1.40. The largest absolute Gasteiger partial charge is 0.434 e. The topological polar surface area (TPSA) is 61.3 Å². The van der Waals surface area contributed by atoms with Crippen molar-refractivity contribution in [1.29, 1.82) is 0 Å². The number of benzene rings is 1. The van der Waals surface area contributed by atoms with E-state index in [4.69, 9.17) is 4.74 Å². The predicted octanol–water partition coefficient (Wildman–Crippen LogP) is 5.68. The molecule has 0 aliphatic heterocycles. The van der Waals surface area contributed by atoms with E-state index in [0.29, 0.717) is 27.5 Å². The van der Waals surface area contributed by atoms with Gasteiger partial charge in [0.05, 0.1) is 16.7 Å². The second kappa shape index (κ2) is 9.45. The molecule has 2 aromatic heterocycles. The maximum absolute atomic E-state index is 13.3. The molecule has 0 bridgehead atoms. The minimum Gasteiger partial charge on any atom is -0.434 e. The van der Waals surface area contributed by atoms with Crippen molar-refractivity contribution in [3.63, 3.8) is 0 Å². The Morgan fingerprint density at radius 1 is 1.22 bits per heavy atom. The van der Waals surface area contributed by atoms with Crippen LogP contribution in [0.2, 0.25) is 0 Å². The van der Waals surface area contributed by atoms with Gasteiger partial charge in [-0.3, -0.25) is 4.79 Å². The number of ketones is 1. The van der Waals surface area contributed by atoms with E-state index in [1.54, 1.807) is 13.1 Å². The maximum atomic E-state index is 13.3. The van der Waals surface area contributed by atoms with Crippen LogP contribution in [0.3, 0.4) is 0 Å². The van der Waals surface area contributed by atoms with Crippen molar-refractivity contribution < 1.29 is 36.2 Å². The Hall–Kier alpha value is -2.66. The lowest BCUT2D eigenvalue weighted by atomic mass is 9.96. The highest BCUT2D eigenvalue weighted by Gasteiger charge is 2.35. The second-order valence-electron chi connectivity index (χ2n) is 7.06. The van der Waals surface area contributed by atoms with Gasteiger partial charge in [-0.2, -0.15) is 22.0 Å². The number of alkyl halides is 5. The minimum absolute atomic E-state index is 0.0313. The quantitative estimate of drug-likeness (QED) is 0.393. The number of ether oxygens (including phenoxy) is 2. The number of aryl methyl sites for hydroxylation is 1. The van der Waals surface area contributed by atoms with E-state index in [0.717, 1.165) is 17.1 Å². The molecule has 0 saturated carbocycles. The van der Waals surface area contributed by atoms with Gasteiger partial charge in [0.15, 0.2) is 0 Å². The predicted molar refractivity (Wildman–Crippen MR) is 108 cm³/mol. The third-order valence-corrected chi connectivity index (χ3v) is 5.65. The van der Waals surface area contributed by atoms with E-state index in [-0.39, 0.29) is 30.3 Å². The number of hydrogen-bond acceptors (Lipinski definition) is 6. The van der Waals surface area contributed by atoms with Gasteiger partial charge in [0.2, 0.25) is 0 Å². The van der Waals surface area contributed by atoms with Crippen molar-refractivity contribution in [3.05, 3.63) is 51.7 Å². The molecule has 3 rings (SSSR count). The lowest BCUT2D eigenvalue weighted by Gasteiger charge is -2.16. The molecule has 1 aromatic carbocycles. The number of pyridine rings is 1. The number of carbonyl (C=O) groups is 1. The molecule has 0 aliphatic rings. The lowest BCUT2D eigenvalue weighted by molar-refractivity contribution is -0.142. The van der Waals surface area contributed by atoms with Crippen molar-refractivity contribution in [3.8, 4) is 5.75 Å². The molecular weight excluding hydrogens is 455 g/mol. The Morgan fingerprint density at radius 3 is 2.56 bits per heavy atom. The Morgan fingerprint density at radius 2 is 1.94 bits per heavy atom. The number of halogens is 5. The summed E-state index contributed by atoms with van der Waals surface area (Å²) in [5.41, 5.74) is 0.560. The van der Waals surface area contributed by atoms with E-state index in [1.165, 1.54) is 18.4 Å². The molecular formula is C21H19F5N2O3S. The van der Waals surface area contributed by atoms with Gasteiger partial charge in [0.25, 0.3) is 0 Å². The van der Waals surface area contributed by atoms with Gasteiger partial charge in [-0.25, -0.2) is 9.97 Å². The molecule has 0 N–H and O–H groups in total. The van der Waals surface area contributed by atoms with Gasteiger partial charge in [-0.15, -0.1) is 0 Å². The summed E-state index contributed by atoms with van der Waals surface area (Å²) in [5.74, 6) is -1.37. The first-order valence-corrected chi connectivity index (χ1v) is 10.3. The molecule has 0 saturated heterocycles. The number of hydrogen-bond donors (Lipinski definition) is 0. The van der Waals surface area contributed by atoms with Crippen molar-refractivity contribution >= 4 is 27.5 Å². The summed E-state index contributed by atoms with van der Waals surface area (Å²) in [6.45, 7) is 0.230. The molecule has 172 valence electrons. The number of nitrogens with zero attached hydrogens (tertiary/aromatic N) is 2. The number of carbonyl (C=O) groups excluding carboxylic acids is 1. The molecule has 3 aromatic rings. The Bertz CT molecular complexity index is 1130. The van der Waals surface area contributed by atoms with Crippen molar-refractivity contribution in [2.45, 2.75) is 45.6 Å². The molecule has 0 spiro atoms. The van der Waals surface area contributed by atoms with E-state index in [1.807, 2.05) is 6.92 Å². The van der Waals surface area contributed by atoms with Crippen LogP contribution in [-0.4, -0.2) is 29.5 Å². The van der Waals surface area contributed by atoms with Crippen LogP contribution in [0.4, 0.5) is 22.0 Å². The van der Waals surface area contributed by atoms with Gasteiger partial charge in [0.1, 0.15) is 21.9 Å². The molecule has 2 heterocycles. The first-order valence-electron chi connectivity index (χ1n) is 9.44. The summed E-state index contributed by atoms with van der Waals surface area (Å²) in [5, 5.41) is 0.798. The zero-order chi connectivity index (χ0) is 23.6. The number of methoxy groups -OCH3 is 1. The lowest BCUT2D eigenvalue weighted by Crippen LogP contribution is -2.14. The number of rotatable bonds is 8. The summed E-state index contributed by atoms with van der Waals surface area (Å²) in [6, 6.07) is 2.61. The van der Waals surface area contributed by atoms with Gasteiger partial charge in [-0.1, -0.05) is 17.4 Å². The van der Waals surface area contributed by atoms with Crippen LogP contribution < -0.4 is 4.74 Å². The summed E-state index contributed by atoms with van der Waals surface area (Å²) < 4.78 is 74.0. The molecule has 11 heteroatoms. The molecule has 32 heavy (non-hydrogen) atoms. The fraction of sp³-hybridized carbons (Fsp3) is 0.381. The monoisotopic (exact) mass is 474 g/mol. The van der Waals surface area contributed by atoms with E-state index >= 15 is 0 Å². The highest BCUT2D eigenvalue weighted by Crippen LogP contribution is 2.38. The van der Waals surface area contributed by atoms with Gasteiger partial charge >= 0.3 is 12.8 Å². The Balaban J connectivity index is 1.88. The fourth-order valence-electron chi connectivity index (χ4n) is 3.36. The van der Waals surface area contributed by atoms with E-state index in [2.05, 4.69) is 14.7 Å². The Kier molecular flexibility index (Phi) is 7.09. The molecule has 0 amide bonds. The van der Waals surface area contributed by atoms with E-state index < -0.39 is 24.1 Å². The number of fused-ring (bicyclic) bond motifs is 1. The van der Waals surface area contributed by atoms with Crippen LogP contribution in [0, 0.1) is 6.92 Å². The summed E-state index contributed by atoms with van der Waals surface area (Å²) in [7, 11) is 1.52. The van der Waals surface area contributed by atoms with Crippen molar-refractivity contribution in [2.24, 2.45) is 0 Å². The highest BCUT2D eigenvalue weighted by molar-refractivity contribution is 7.18. The Labute approximate surface area is 184 Å². The smallest absolute Gasteiger partial charge is 0.419 e. The van der Waals surface area contributed by atoms with Crippen molar-refractivity contribution in [2.75, 3.05) is 7.11 Å². The van der Waals surface area contributed by atoms with Crippen LogP contribution in [0.5, 0.6) is 5.75 Å². The second-order valence-corrected chi connectivity index (χ2v) is 8.24. The van der Waals surface area contributed by atoms with Gasteiger partial charge in [-0.05, 0) is 37.1 Å². The van der Waals surface area contributed by atoms with E-state index in [9.17, 15) is 26.7 Å². The third kappa shape index (κ3) is 5.39. The average molecular weight is 474 g/mol. The van der Waals surface area contributed by atoms with Crippen LogP contribution >= 0.6 is 11.3 Å². The maximum Gasteiger partial charge on any atom is 0.419 e. The number of aromatic nitrogens is 2. The third-order valence-electron chi connectivity index (χ3n) is 4.77. The average Bonchev–Trinajstić information content (AvgIpc) is 3.07. The molecule has 0 radical (unpaired) electrons. The van der Waals surface area contributed by atoms with Gasteiger partial charge in [0, 0.05) is 31.7 Å². The van der Waals surface area contributed by atoms with Gasteiger partial charge < -0.3 is 9.47 Å². The minimum atomic E-state index is -4.91. The zero-order valence-corrected chi connectivity index (χ0v) is 18.1. The van der Waals surface area contributed by atoms with Crippen LogP contribution in [-0.2, 0) is 28.5 Å². The molecule has 0 aliphatic carbocycles. The standard InChI is InChI=1S/C21H19F5N2O3S/c1-10(30-3)17-13(9-27-19-18(17)28-11(2)32-19)8-14(29)6-12-4-5-16(31-20(22)23)15(7-12)21(24,25)26/h4-5,7,9-10,20H,6,8H2,1-3H3/t10-/m0/s1. The highest BCUT2D eigenvalue weighted by atomic mass is 32.1. The molecule has 1 atom stereocenters. The fourth-order valence-corrected chi connectivity index (χ4v) is 4.13. The number of thiazole rings is 1. The normalized spacial score (nSPS) is 13.0. The molecule has 0 unspecified atom stereocenters. The first-order chi connectivity index (χ1) is 15.0.